The number of thioether (sulfide) groups is 1. The molecule has 0 heterocycles. The first-order chi connectivity index (χ1) is 12.8. The summed E-state index contributed by atoms with van der Waals surface area (Å²) >= 11 is 0.965. The van der Waals surface area contributed by atoms with Gasteiger partial charge in [-0.2, -0.15) is 0 Å². The Bertz CT molecular complexity index is 735. The number of amides is 3. The van der Waals surface area contributed by atoms with Gasteiger partial charge in [0.05, 0.1) is 5.25 Å². The van der Waals surface area contributed by atoms with Gasteiger partial charge in [0.15, 0.2) is 0 Å². The Morgan fingerprint density at radius 3 is 2.26 bits per heavy atom. The van der Waals surface area contributed by atoms with Crippen molar-refractivity contribution < 1.29 is 18.4 Å². The van der Waals surface area contributed by atoms with Gasteiger partial charge in [0.1, 0.15) is 11.6 Å². The maximum Gasteiger partial charge on any atom is 0.321 e. The second kappa shape index (κ2) is 7.08. The molecule has 4 nitrogen and oxygen atoms in total. The van der Waals surface area contributed by atoms with E-state index in [0.717, 1.165) is 43.2 Å². The summed E-state index contributed by atoms with van der Waals surface area (Å²) in [6.07, 6.45) is 6.85. The molecule has 4 aliphatic rings. The molecule has 0 aromatic heterocycles. The average Bonchev–Trinajstić information content (AvgIpc) is 2.55. The smallest absolute Gasteiger partial charge is 0.321 e. The summed E-state index contributed by atoms with van der Waals surface area (Å²) in [5.74, 6) is 0.238. The van der Waals surface area contributed by atoms with Crippen molar-refractivity contribution in [1.82, 2.24) is 10.6 Å². The van der Waals surface area contributed by atoms with Crippen molar-refractivity contribution in [2.24, 2.45) is 17.8 Å². The molecule has 2 N–H and O–H groups in total. The first-order valence-corrected chi connectivity index (χ1v) is 10.4. The van der Waals surface area contributed by atoms with Crippen LogP contribution in [0.3, 0.4) is 0 Å². The van der Waals surface area contributed by atoms with Gasteiger partial charge < -0.3 is 5.32 Å². The third-order valence-corrected chi connectivity index (χ3v) is 7.37. The zero-order chi connectivity index (χ0) is 19.2. The van der Waals surface area contributed by atoms with E-state index in [0.29, 0.717) is 17.8 Å². The monoisotopic (exact) mass is 394 g/mol. The van der Waals surface area contributed by atoms with E-state index in [-0.39, 0.29) is 10.4 Å². The molecule has 5 rings (SSSR count). The number of rotatable bonds is 4. The fourth-order valence-electron chi connectivity index (χ4n) is 5.56. The number of urea groups is 1. The fourth-order valence-corrected chi connectivity index (χ4v) is 6.43. The van der Waals surface area contributed by atoms with Crippen LogP contribution in [0.15, 0.2) is 23.1 Å². The molecule has 7 heteroatoms. The highest BCUT2D eigenvalue weighted by Crippen LogP contribution is 2.55. The Labute approximate surface area is 161 Å². The maximum absolute atomic E-state index is 13.8. The minimum Gasteiger partial charge on any atom is -0.332 e. The molecule has 0 radical (unpaired) electrons. The van der Waals surface area contributed by atoms with Crippen molar-refractivity contribution in [1.29, 1.82) is 0 Å². The van der Waals surface area contributed by atoms with Gasteiger partial charge in [0, 0.05) is 16.5 Å². The summed E-state index contributed by atoms with van der Waals surface area (Å²) < 4.78 is 26.7. The lowest BCUT2D eigenvalue weighted by Gasteiger charge is -2.56. The molecular formula is C20H24F2N2O2S. The Morgan fingerprint density at radius 2 is 1.70 bits per heavy atom. The number of nitrogens with one attached hydrogen (secondary N) is 2. The standard InChI is InChI=1S/C20H24F2N2O2S/c1-11(27-17-3-2-15(21)7-16(17)22)18(25)23-19(26)24-20-8-12-4-13(9-20)6-14(5-12)10-20/h2-3,7,11-14H,4-6,8-10H2,1H3,(H2,23,24,25,26)/t11-,12?,13?,14?,20?/m0/s1. The van der Waals surface area contributed by atoms with Gasteiger partial charge in [-0.05, 0) is 75.3 Å². The van der Waals surface area contributed by atoms with Crippen LogP contribution in [0.5, 0.6) is 0 Å². The molecule has 4 saturated carbocycles. The van der Waals surface area contributed by atoms with Gasteiger partial charge >= 0.3 is 6.03 Å². The van der Waals surface area contributed by atoms with E-state index < -0.39 is 28.8 Å². The lowest BCUT2D eigenvalue weighted by molar-refractivity contribution is -0.119. The summed E-state index contributed by atoms with van der Waals surface area (Å²) in [5.41, 5.74) is -0.168. The molecule has 4 bridgehead atoms. The molecule has 27 heavy (non-hydrogen) atoms. The predicted octanol–water partition coefficient (Wildman–Crippen LogP) is 4.24. The molecule has 4 aliphatic carbocycles. The van der Waals surface area contributed by atoms with Crippen molar-refractivity contribution in [2.45, 2.75) is 61.1 Å². The average molecular weight is 394 g/mol. The first kappa shape index (κ1) is 18.7. The highest BCUT2D eigenvalue weighted by molar-refractivity contribution is 8.00. The molecule has 0 aliphatic heterocycles. The number of carbonyl (C=O) groups is 2. The quantitative estimate of drug-likeness (QED) is 0.751. The molecule has 4 fully saturated rings. The van der Waals surface area contributed by atoms with Gasteiger partial charge in [-0.15, -0.1) is 11.8 Å². The summed E-state index contributed by atoms with van der Waals surface area (Å²) in [6, 6.07) is 2.77. The second-order valence-electron chi connectivity index (χ2n) is 8.48. The fraction of sp³-hybridized carbons (Fsp3) is 0.600. The molecular weight excluding hydrogens is 370 g/mol. The van der Waals surface area contributed by atoms with Crippen molar-refractivity contribution in [2.75, 3.05) is 0 Å². The Kier molecular flexibility index (Phi) is 4.91. The van der Waals surface area contributed by atoms with Crippen molar-refractivity contribution in [3.8, 4) is 0 Å². The van der Waals surface area contributed by atoms with E-state index >= 15 is 0 Å². The Morgan fingerprint density at radius 1 is 1.11 bits per heavy atom. The largest absolute Gasteiger partial charge is 0.332 e. The van der Waals surface area contributed by atoms with Crippen molar-refractivity contribution in [3.63, 3.8) is 0 Å². The third kappa shape index (κ3) is 3.98. The van der Waals surface area contributed by atoms with Crippen LogP contribution in [0.25, 0.3) is 0 Å². The van der Waals surface area contributed by atoms with Crippen LogP contribution in [-0.4, -0.2) is 22.7 Å². The minimum absolute atomic E-state index is 0.168. The number of halogens is 2. The normalized spacial score (nSPS) is 32.2. The van der Waals surface area contributed by atoms with Crippen LogP contribution in [0, 0.1) is 29.4 Å². The Hall–Kier alpha value is -1.63. The van der Waals surface area contributed by atoms with Gasteiger partial charge in [-0.25, -0.2) is 13.6 Å². The number of hydrogen-bond acceptors (Lipinski definition) is 3. The SMILES string of the molecule is C[C@H](Sc1ccc(F)cc1F)C(=O)NC(=O)NC12CC3CC(CC(C3)C1)C2. The summed E-state index contributed by atoms with van der Waals surface area (Å²) in [7, 11) is 0. The molecule has 0 spiro atoms. The molecule has 1 aromatic carbocycles. The first-order valence-electron chi connectivity index (χ1n) is 9.56. The van der Waals surface area contributed by atoms with Crippen LogP contribution < -0.4 is 10.6 Å². The second-order valence-corrected chi connectivity index (χ2v) is 9.86. The Balaban J connectivity index is 1.33. The van der Waals surface area contributed by atoms with Crippen molar-refractivity contribution >= 4 is 23.7 Å². The highest BCUT2D eigenvalue weighted by atomic mass is 32.2. The number of benzene rings is 1. The zero-order valence-electron chi connectivity index (χ0n) is 15.3. The van der Waals surface area contributed by atoms with Crippen LogP contribution >= 0.6 is 11.8 Å². The number of hydrogen-bond donors (Lipinski definition) is 2. The molecule has 0 saturated heterocycles. The summed E-state index contributed by atoms with van der Waals surface area (Å²) in [5, 5.41) is 4.81. The maximum atomic E-state index is 13.8. The molecule has 1 atom stereocenters. The lowest BCUT2D eigenvalue weighted by atomic mass is 9.53. The molecule has 1 aromatic rings. The van der Waals surface area contributed by atoms with Gasteiger partial charge in [-0.3, -0.25) is 10.1 Å². The molecule has 3 amide bonds. The van der Waals surface area contributed by atoms with E-state index in [1.807, 2.05) is 0 Å². The zero-order valence-corrected chi connectivity index (χ0v) is 16.1. The predicted molar refractivity (Wildman–Crippen MR) is 99.3 cm³/mol. The number of imide groups is 1. The van der Waals surface area contributed by atoms with Crippen LogP contribution in [-0.2, 0) is 4.79 Å². The van der Waals surface area contributed by atoms with E-state index in [2.05, 4.69) is 10.6 Å². The van der Waals surface area contributed by atoms with Gasteiger partial charge in [0.25, 0.3) is 0 Å². The van der Waals surface area contributed by atoms with Gasteiger partial charge in [-0.1, -0.05) is 0 Å². The highest BCUT2D eigenvalue weighted by Gasteiger charge is 2.51. The molecule has 146 valence electrons. The third-order valence-electron chi connectivity index (χ3n) is 6.22. The van der Waals surface area contributed by atoms with Crippen LogP contribution in [0.2, 0.25) is 0 Å². The van der Waals surface area contributed by atoms with E-state index in [4.69, 9.17) is 0 Å². The summed E-state index contributed by atoms with van der Waals surface area (Å²) in [4.78, 5) is 24.9. The van der Waals surface area contributed by atoms with E-state index in [9.17, 15) is 18.4 Å². The van der Waals surface area contributed by atoms with Crippen molar-refractivity contribution in [3.05, 3.63) is 29.8 Å². The van der Waals surface area contributed by atoms with Gasteiger partial charge in [0.2, 0.25) is 5.91 Å². The van der Waals surface area contributed by atoms with E-state index in [1.54, 1.807) is 6.92 Å². The van der Waals surface area contributed by atoms with Crippen LogP contribution in [0.1, 0.15) is 45.4 Å². The topological polar surface area (TPSA) is 58.2 Å². The van der Waals surface area contributed by atoms with Crippen LogP contribution in [0.4, 0.5) is 13.6 Å². The molecule has 0 unspecified atom stereocenters. The number of carbonyl (C=O) groups excluding carboxylic acids is 2. The minimum atomic E-state index is -0.710. The van der Waals surface area contributed by atoms with E-state index in [1.165, 1.54) is 25.3 Å². The summed E-state index contributed by atoms with van der Waals surface area (Å²) in [6.45, 7) is 1.60. The lowest BCUT2D eigenvalue weighted by Crippen LogP contribution is -2.62.